The number of hydrogen-bond acceptors (Lipinski definition) is 5. The SMILES string of the molecule is CCC(C)(C)C(=O)OC1=C(c2cc(C)ccc2C)C(=O)[C@]2(CC[C@H](OC)CC2)N1. The van der Waals surface area contributed by atoms with Crippen molar-refractivity contribution in [3.63, 3.8) is 0 Å². The molecule has 1 N–H and O–H groups in total. The molecule has 0 atom stereocenters. The van der Waals surface area contributed by atoms with Gasteiger partial charge in [0.15, 0.2) is 5.78 Å². The maximum atomic E-state index is 13.7. The van der Waals surface area contributed by atoms with Gasteiger partial charge in [0.25, 0.3) is 0 Å². The van der Waals surface area contributed by atoms with Crippen LogP contribution in [-0.2, 0) is 19.1 Å². The Morgan fingerprint density at radius 1 is 1.24 bits per heavy atom. The maximum absolute atomic E-state index is 13.7. The van der Waals surface area contributed by atoms with Crippen molar-refractivity contribution in [1.29, 1.82) is 0 Å². The highest BCUT2D eigenvalue weighted by Gasteiger charge is 2.51. The van der Waals surface area contributed by atoms with Gasteiger partial charge in [0, 0.05) is 7.11 Å². The van der Waals surface area contributed by atoms with E-state index >= 15 is 0 Å². The highest BCUT2D eigenvalue weighted by atomic mass is 16.6. The molecule has 29 heavy (non-hydrogen) atoms. The van der Waals surface area contributed by atoms with E-state index in [4.69, 9.17) is 9.47 Å². The number of carbonyl (C=O) groups is 2. The van der Waals surface area contributed by atoms with Crippen LogP contribution in [-0.4, -0.2) is 30.5 Å². The van der Waals surface area contributed by atoms with Crippen molar-refractivity contribution < 1.29 is 19.1 Å². The molecule has 1 fully saturated rings. The van der Waals surface area contributed by atoms with Crippen LogP contribution >= 0.6 is 0 Å². The molecule has 0 radical (unpaired) electrons. The lowest BCUT2D eigenvalue weighted by Gasteiger charge is -2.36. The molecule has 0 bridgehead atoms. The molecule has 5 nitrogen and oxygen atoms in total. The standard InChI is InChI=1S/C24H33NO4/c1-7-23(4,5)22(27)29-21-19(18-14-15(2)8-9-16(18)3)20(26)24(25-21)12-10-17(28-6)11-13-24/h8-9,14,17,25H,7,10-13H2,1-6H3/t17-,24+. The summed E-state index contributed by atoms with van der Waals surface area (Å²) in [5.41, 5.74) is 2.06. The predicted molar refractivity (Wildman–Crippen MR) is 113 cm³/mol. The van der Waals surface area contributed by atoms with Gasteiger partial charge in [0.05, 0.1) is 17.1 Å². The summed E-state index contributed by atoms with van der Waals surface area (Å²) in [5.74, 6) is 0.0182. The molecule has 1 aromatic carbocycles. The summed E-state index contributed by atoms with van der Waals surface area (Å²) in [6.07, 6.45) is 3.76. The Morgan fingerprint density at radius 3 is 2.48 bits per heavy atom. The maximum Gasteiger partial charge on any atom is 0.318 e. The number of ether oxygens (including phenoxy) is 2. The van der Waals surface area contributed by atoms with Gasteiger partial charge < -0.3 is 14.8 Å². The molecular formula is C24H33NO4. The average Bonchev–Trinajstić information content (AvgIpc) is 2.95. The summed E-state index contributed by atoms with van der Waals surface area (Å²) >= 11 is 0. The first-order valence-corrected chi connectivity index (χ1v) is 10.5. The lowest BCUT2D eigenvalue weighted by Crippen LogP contribution is -2.50. The summed E-state index contributed by atoms with van der Waals surface area (Å²) in [6.45, 7) is 9.68. The highest BCUT2D eigenvalue weighted by Crippen LogP contribution is 2.42. The highest BCUT2D eigenvalue weighted by molar-refractivity contribution is 6.28. The minimum absolute atomic E-state index is 0.0258. The second-order valence-corrected chi connectivity index (χ2v) is 9.12. The quantitative estimate of drug-likeness (QED) is 0.741. The first-order valence-electron chi connectivity index (χ1n) is 10.5. The van der Waals surface area contributed by atoms with E-state index < -0.39 is 11.0 Å². The Kier molecular flexibility index (Phi) is 5.91. The molecule has 0 aromatic heterocycles. The topological polar surface area (TPSA) is 64.6 Å². The van der Waals surface area contributed by atoms with E-state index in [0.29, 0.717) is 30.7 Å². The number of benzene rings is 1. The summed E-state index contributed by atoms with van der Waals surface area (Å²) < 4.78 is 11.3. The van der Waals surface area contributed by atoms with Crippen LogP contribution in [0.5, 0.6) is 0 Å². The second-order valence-electron chi connectivity index (χ2n) is 9.12. The van der Waals surface area contributed by atoms with Crippen LogP contribution in [0.4, 0.5) is 0 Å². The number of ketones is 1. The Hall–Kier alpha value is -2.14. The molecule has 3 rings (SSSR count). The number of esters is 1. The lowest BCUT2D eigenvalue weighted by atomic mass is 9.76. The third-order valence-electron chi connectivity index (χ3n) is 6.65. The normalized spacial score (nSPS) is 24.8. The molecule has 1 spiro atoms. The van der Waals surface area contributed by atoms with E-state index in [0.717, 1.165) is 29.5 Å². The fourth-order valence-corrected chi connectivity index (χ4v) is 4.05. The molecule has 1 saturated carbocycles. The fraction of sp³-hybridized carbons (Fsp3) is 0.583. The Bertz CT molecular complexity index is 844. The van der Waals surface area contributed by atoms with Crippen molar-refractivity contribution in [2.75, 3.05) is 7.11 Å². The number of carbonyl (C=O) groups excluding carboxylic acids is 2. The van der Waals surface area contributed by atoms with Crippen LogP contribution in [0.25, 0.3) is 5.57 Å². The van der Waals surface area contributed by atoms with E-state index in [1.165, 1.54) is 0 Å². The number of nitrogens with one attached hydrogen (secondary N) is 1. The number of methoxy groups -OCH3 is 1. The molecule has 0 saturated heterocycles. The van der Waals surface area contributed by atoms with Crippen molar-refractivity contribution in [1.82, 2.24) is 5.32 Å². The number of Topliss-reactive ketones (excluding diaryl/α,β-unsaturated/α-hetero) is 1. The second kappa shape index (κ2) is 7.94. The Labute approximate surface area is 173 Å². The Morgan fingerprint density at radius 2 is 1.90 bits per heavy atom. The van der Waals surface area contributed by atoms with Crippen LogP contribution in [0.3, 0.4) is 0 Å². The minimum atomic E-state index is -0.716. The van der Waals surface area contributed by atoms with Gasteiger partial charge in [-0.1, -0.05) is 30.7 Å². The van der Waals surface area contributed by atoms with Crippen molar-refractivity contribution in [2.45, 2.75) is 78.4 Å². The van der Waals surface area contributed by atoms with Crippen LogP contribution in [0, 0.1) is 19.3 Å². The number of rotatable bonds is 5. The van der Waals surface area contributed by atoms with Gasteiger partial charge in [-0.2, -0.15) is 0 Å². The average molecular weight is 400 g/mol. The minimum Gasteiger partial charge on any atom is -0.409 e. The summed E-state index contributed by atoms with van der Waals surface area (Å²) in [7, 11) is 1.71. The van der Waals surface area contributed by atoms with Gasteiger partial charge >= 0.3 is 5.97 Å². The largest absolute Gasteiger partial charge is 0.409 e. The molecule has 0 unspecified atom stereocenters. The zero-order valence-electron chi connectivity index (χ0n) is 18.5. The van der Waals surface area contributed by atoms with Gasteiger partial charge in [-0.05, 0) is 70.9 Å². The molecule has 5 heteroatoms. The summed E-state index contributed by atoms with van der Waals surface area (Å²) in [6, 6.07) is 6.04. The molecule has 1 heterocycles. The van der Waals surface area contributed by atoms with Crippen LogP contribution in [0.2, 0.25) is 0 Å². The van der Waals surface area contributed by atoms with Crippen LogP contribution in [0.15, 0.2) is 24.1 Å². The van der Waals surface area contributed by atoms with Crippen molar-refractivity contribution in [2.24, 2.45) is 5.41 Å². The third-order valence-corrected chi connectivity index (χ3v) is 6.65. The number of aryl methyl sites for hydroxylation is 2. The molecular weight excluding hydrogens is 366 g/mol. The molecule has 1 aromatic rings. The van der Waals surface area contributed by atoms with E-state index in [1.54, 1.807) is 7.11 Å². The van der Waals surface area contributed by atoms with Gasteiger partial charge in [-0.3, -0.25) is 9.59 Å². The van der Waals surface area contributed by atoms with Crippen LogP contribution in [0.1, 0.15) is 69.6 Å². The zero-order chi connectivity index (χ0) is 21.4. The van der Waals surface area contributed by atoms with Crippen molar-refractivity contribution in [3.05, 3.63) is 40.8 Å². The molecule has 0 amide bonds. The van der Waals surface area contributed by atoms with E-state index in [1.807, 2.05) is 52.8 Å². The van der Waals surface area contributed by atoms with Gasteiger partial charge in [0.2, 0.25) is 5.88 Å². The first-order chi connectivity index (χ1) is 13.6. The zero-order valence-corrected chi connectivity index (χ0v) is 18.5. The third kappa shape index (κ3) is 3.97. The molecule has 158 valence electrons. The van der Waals surface area contributed by atoms with E-state index in [2.05, 4.69) is 5.32 Å². The Balaban J connectivity index is 2.03. The van der Waals surface area contributed by atoms with Crippen LogP contribution < -0.4 is 5.32 Å². The smallest absolute Gasteiger partial charge is 0.318 e. The van der Waals surface area contributed by atoms with Gasteiger partial charge in [-0.15, -0.1) is 0 Å². The van der Waals surface area contributed by atoms with E-state index in [9.17, 15) is 9.59 Å². The van der Waals surface area contributed by atoms with E-state index in [-0.39, 0.29) is 17.9 Å². The first kappa shape index (κ1) is 21.6. The van der Waals surface area contributed by atoms with Crippen molar-refractivity contribution in [3.8, 4) is 0 Å². The number of hydrogen-bond donors (Lipinski definition) is 1. The summed E-state index contributed by atoms with van der Waals surface area (Å²) in [5, 5.41) is 3.35. The molecule has 1 aliphatic carbocycles. The fourth-order valence-electron chi connectivity index (χ4n) is 4.05. The van der Waals surface area contributed by atoms with Crippen molar-refractivity contribution >= 4 is 17.3 Å². The monoisotopic (exact) mass is 399 g/mol. The predicted octanol–water partition coefficient (Wildman–Crippen LogP) is 4.45. The van der Waals surface area contributed by atoms with Gasteiger partial charge in [0.1, 0.15) is 5.54 Å². The molecule has 2 aliphatic rings. The summed E-state index contributed by atoms with van der Waals surface area (Å²) in [4.78, 5) is 26.5. The molecule has 1 aliphatic heterocycles. The lowest BCUT2D eigenvalue weighted by molar-refractivity contribution is -0.150. The van der Waals surface area contributed by atoms with Gasteiger partial charge in [-0.25, -0.2) is 0 Å².